The van der Waals surface area contributed by atoms with Gasteiger partial charge in [-0.2, -0.15) is 0 Å². The maximum atomic E-state index is 12.4. The van der Waals surface area contributed by atoms with E-state index in [1.54, 1.807) is 6.07 Å². The highest BCUT2D eigenvalue weighted by Gasteiger charge is 2.26. The van der Waals surface area contributed by atoms with E-state index in [4.69, 9.17) is 4.42 Å². The summed E-state index contributed by atoms with van der Waals surface area (Å²) in [7, 11) is -7.09. The zero-order valence-corrected chi connectivity index (χ0v) is 16.2. The predicted octanol–water partition coefficient (Wildman–Crippen LogP) is 1.61. The van der Waals surface area contributed by atoms with Crippen molar-refractivity contribution in [2.45, 2.75) is 30.3 Å². The van der Waals surface area contributed by atoms with E-state index in [1.165, 1.54) is 41.1 Å². The molecular formula is C17H22N2O6S2. The van der Waals surface area contributed by atoms with Crippen molar-refractivity contribution < 1.29 is 26.4 Å². The Hall–Kier alpha value is -1.88. The van der Waals surface area contributed by atoms with E-state index in [9.17, 15) is 21.9 Å². The second-order valence-electron chi connectivity index (χ2n) is 6.35. The monoisotopic (exact) mass is 414 g/mol. The first-order chi connectivity index (χ1) is 12.8. The van der Waals surface area contributed by atoms with E-state index in [2.05, 4.69) is 4.72 Å². The van der Waals surface area contributed by atoms with Crippen LogP contribution in [0.15, 0.2) is 52.2 Å². The maximum Gasteiger partial charge on any atom is 0.240 e. The van der Waals surface area contributed by atoms with Crippen LogP contribution in [0, 0.1) is 0 Å². The van der Waals surface area contributed by atoms with Crippen molar-refractivity contribution in [3.05, 3.63) is 48.4 Å². The van der Waals surface area contributed by atoms with E-state index < -0.39 is 26.2 Å². The number of anilines is 1. The van der Waals surface area contributed by atoms with Crippen molar-refractivity contribution in [2.24, 2.45) is 0 Å². The normalized spacial score (nSPS) is 18.3. The number of aliphatic hydroxyl groups is 1. The molecule has 0 radical (unpaired) electrons. The third-order valence-electron chi connectivity index (χ3n) is 4.42. The number of nitrogens with zero attached hydrogens (tertiary/aromatic N) is 1. The fourth-order valence-electron chi connectivity index (χ4n) is 2.92. The number of benzene rings is 1. The van der Waals surface area contributed by atoms with Crippen LogP contribution in [0.2, 0.25) is 0 Å². The topological polar surface area (TPSA) is 117 Å². The summed E-state index contributed by atoms with van der Waals surface area (Å²) in [4.78, 5) is 0.0402. The SMILES string of the molecule is O=S(=O)(NCCC(O)c1ccoc1)c1ccc(N2CCCCS2(=O)=O)cc1. The molecule has 10 heteroatoms. The molecule has 0 amide bonds. The molecule has 1 atom stereocenters. The zero-order valence-electron chi connectivity index (χ0n) is 14.6. The zero-order chi connectivity index (χ0) is 19.5. The quantitative estimate of drug-likeness (QED) is 0.711. The Labute approximate surface area is 158 Å². The number of hydrogen-bond donors (Lipinski definition) is 2. The van der Waals surface area contributed by atoms with Gasteiger partial charge in [0.15, 0.2) is 0 Å². The largest absolute Gasteiger partial charge is 0.472 e. The number of nitrogens with one attached hydrogen (secondary N) is 1. The van der Waals surface area contributed by atoms with Gasteiger partial charge in [-0.15, -0.1) is 0 Å². The van der Waals surface area contributed by atoms with Gasteiger partial charge < -0.3 is 9.52 Å². The number of sulfonamides is 2. The first-order valence-corrected chi connectivity index (χ1v) is 11.7. The predicted molar refractivity (Wildman–Crippen MR) is 100 cm³/mol. The van der Waals surface area contributed by atoms with Crippen LogP contribution in [0.3, 0.4) is 0 Å². The van der Waals surface area contributed by atoms with Crippen LogP contribution in [0.5, 0.6) is 0 Å². The van der Waals surface area contributed by atoms with Gasteiger partial charge in [0.05, 0.1) is 35.0 Å². The molecule has 1 aromatic heterocycles. The molecule has 148 valence electrons. The summed E-state index contributed by atoms with van der Waals surface area (Å²) in [5.41, 5.74) is 1.05. The lowest BCUT2D eigenvalue weighted by atomic mass is 10.1. The molecule has 0 aliphatic carbocycles. The van der Waals surface area contributed by atoms with Gasteiger partial charge in [-0.25, -0.2) is 21.6 Å². The minimum atomic E-state index is -3.75. The van der Waals surface area contributed by atoms with Crippen LogP contribution in [0.1, 0.15) is 30.9 Å². The Bertz CT molecular complexity index is 953. The van der Waals surface area contributed by atoms with Crippen LogP contribution in [0.4, 0.5) is 5.69 Å². The van der Waals surface area contributed by atoms with Gasteiger partial charge in [-0.3, -0.25) is 4.31 Å². The lowest BCUT2D eigenvalue weighted by molar-refractivity contribution is 0.168. The van der Waals surface area contributed by atoms with Crippen molar-refractivity contribution in [1.82, 2.24) is 4.72 Å². The number of rotatable bonds is 7. The summed E-state index contributed by atoms with van der Waals surface area (Å²) in [6.07, 6.45) is 3.64. The molecule has 27 heavy (non-hydrogen) atoms. The minimum absolute atomic E-state index is 0.0402. The first-order valence-electron chi connectivity index (χ1n) is 8.60. The number of furan rings is 1. The lowest BCUT2D eigenvalue weighted by Gasteiger charge is -2.28. The highest BCUT2D eigenvalue weighted by atomic mass is 32.2. The standard InChI is InChI=1S/C17H22N2O6S2/c20-17(14-8-11-25-13-14)7-9-18-27(23,24)16-5-3-15(4-6-16)19-10-1-2-12-26(19,21)22/h3-6,8,11,13,17-18,20H,1-2,7,9-10,12H2. The van der Waals surface area contributed by atoms with Gasteiger partial charge >= 0.3 is 0 Å². The van der Waals surface area contributed by atoms with Crippen molar-refractivity contribution in [1.29, 1.82) is 0 Å². The Morgan fingerprint density at radius 1 is 1.19 bits per heavy atom. The van der Waals surface area contributed by atoms with Crippen molar-refractivity contribution >= 4 is 25.7 Å². The summed E-state index contributed by atoms with van der Waals surface area (Å²) in [6.45, 7) is 0.454. The summed E-state index contributed by atoms with van der Waals surface area (Å²) in [6, 6.07) is 7.38. The maximum absolute atomic E-state index is 12.4. The summed E-state index contributed by atoms with van der Waals surface area (Å²) in [5, 5.41) is 9.95. The fourth-order valence-corrected chi connectivity index (χ4v) is 5.60. The third kappa shape index (κ3) is 4.70. The Morgan fingerprint density at radius 3 is 2.56 bits per heavy atom. The van der Waals surface area contributed by atoms with Gasteiger partial charge in [0.2, 0.25) is 20.0 Å². The Balaban J connectivity index is 1.63. The van der Waals surface area contributed by atoms with Gasteiger partial charge in [-0.1, -0.05) is 0 Å². The molecule has 0 bridgehead atoms. The molecule has 0 saturated carbocycles. The van der Waals surface area contributed by atoms with E-state index in [0.717, 1.165) is 6.42 Å². The second-order valence-corrected chi connectivity index (χ2v) is 10.1. The van der Waals surface area contributed by atoms with Crippen molar-refractivity contribution in [3.8, 4) is 0 Å². The van der Waals surface area contributed by atoms with Gasteiger partial charge in [0.25, 0.3) is 0 Å². The van der Waals surface area contributed by atoms with Crippen molar-refractivity contribution in [3.63, 3.8) is 0 Å². The second kappa shape index (κ2) is 8.01. The van der Waals surface area contributed by atoms with Crippen LogP contribution < -0.4 is 9.03 Å². The third-order valence-corrected chi connectivity index (χ3v) is 7.77. The van der Waals surface area contributed by atoms with Crippen LogP contribution in [-0.4, -0.2) is 40.8 Å². The van der Waals surface area contributed by atoms with E-state index >= 15 is 0 Å². The molecule has 2 N–H and O–H groups in total. The fraction of sp³-hybridized carbons (Fsp3) is 0.412. The molecule has 1 saturated heterocycles. The van der Waals surface area contributed by atoms with E-state index in [1.807, 2.05) is 0 Å². The molecule has 3 rings (SSSR count). The van der Waals surface area contributed by atoms with E-state index in [-0.39, 0.29) is 23.6 Å². The van der Waals surface area contributed by atoms with Gasteiger partial charge in [-0.05, 0) is 49.6 Å². The van der Waals surface area contributed by atoms with Crippen LogP contribution in [-0.2, 0) is 20.0 Å². The molecule has 1 aliphatic rings. The van der Waals surface area contributed by atoms with Crippen molar-refractivity contribution in [2.75, 3.05) is 23.1 Å². The van der Waals surface area contributed by atoms with E-state index in [0.29, 0.717) is 24.2 Å². The number of hydrogen-bond acceptors (Lipinski definition) is 6. The van der Waals surface area contributed by atoms with Gasteiger partial charge in [0, 0.05) is 18.7 Å². The molecular weight excluding hydrogens is 392 g/mol. The number of aliphatic hydroxyl groups excluding tert-OH is 1. The molecule has 1 aromatic carbocycles. The highest BCUT2D eigenvalue weighted by Crippen LogP contribution is 2.25. The summed E-state index contributed by atoms with van der Waals surface area (Å²) < 4.78 is 57.6. The lowest BCUT2D eigenvalue weighted by Crippen LogP contribution is -2.37. The Morgan fingerprint density at radius 2 is 1.93 bits per heavy atom. The smallest absolute Gasteiger partial charge is 0.240 e. The minimum Gasteiger partial charge on any atom is -0.472 e. The Kier molecular flexibility index (Phi) is 5.89. The summed E-state index contributed by atoms with van der Waals surface area (Å²) >= 11 is 0. The average molecular weight is 415 g/mol. The molecule has 1 aliphatic heterocycles. The average Bonchev–Trinajstić information content (AvgIpc) is 3.16. The molecule has 8 nitrogen and oxygen atoms in total. The molecule has 2 aromatic rings. The van der Waals surface area contributed by atoms with Gasteiger partial charge in [0.1, 0.15) is 0 Å². The van der Waals surface area contributed by atoms with Crippen LogP contribution in [0.25, 0.3) is 0 Å². The molecule has 1 unspecified atom stereocenters. The summed E-state index contributed by atoms with van der Waals surface area (Å²) in [5.74, 6) is 0.105. The van der Waals surface area contributed by atoms with Crippen LogP contribution >= 0.6 is 0 Å². The molecule has 0 spiro atoms. The first kappa shape index (κ1) is 19.9. The molecule has 2 heterocycles. The highest BCUT2D eigenvalue weighted by molar-refractivity contribution is 7.92. The molecule has 1 fully saturated rings.